The number of nitrogens with two attached hydrogens (primary N) is 1. The van der Waals surface area contributed by atoms with Crippen molar-refractivity contribution in [3.05, 3.63) is 34.9 Å². The molecule has 0 spiro atoms. The average Bonchev–Trinajstić information content (AvgIpc) is 2.51. The molecule has 1 aromatic carbocycles. The van der Waals surface area contributed by atoms with Crippen LogP contribution in [0.25, 0.3) is 0 Å². The van der Waals surface area contributed by atoms with Crippen LogP contribution in [0.5, 0.6) is 0 Å². The van der Waals surface area contributed by atoms with Gasteiger partial charge in [-0.1, -0.05) is 13.0 Å². The van der Waals surface area contributed by atoms with Crippen LogP contribution in [-0.4, -0.2) is 36.7 Å². The van der Waals surface area contributed by atoms with Crippen LogP contribution in [-0.2, 0) is 4.74 Å². The van der Waals surface area contributed by atoms with Crippen molar-refractivity contribution in [3.8, 4) is 0 Å². The molecule has 1 aliphatic heterocycles. The van der Waals surface area contributed by atoms with E-state index in [0.717, 1.165) is 13.1 Å². The van der Waals surface area contributed by atoms with Gasteiger partial charge in [0.25, 0.3) is 0 Å². The van der Waals surface area contributed by atoms with Gasteiger partial charge in [-0.25, -0.2) is 8.78 Å². The first kappa shape index (κ1) is 16.3. The Morgan fingerprint density at radius 2 is 1.95 bits per heavy atom. The van der Waals surface area contributed by atoms with Crippen molar-refractivity contribution < 1.29 is 13.5 Å². The summed E-state index contributed by atoms with van der Waals surface area (Å²) in [5.74, 6) is -1.10. The maximum Gasteiger partial charge on any atom is 0.133 e. The normalized spacial score (nSPS) is 21.0. The predicted octanol–water partition coefficient (Wildman–Crippen LogP) is 2.77. The molecule has 118 valence electrons. The number of benzene rings is 1. The molecule has 5 heteroatoms. The molecule has 3 nitrogen and oxygen atoms in total. The van der Waals surface area contributed by atoms with E-state index in [-0.39, 0.29) is 5.56 Å². The van der Waals surface area contributed by atoms with Crippen molar-refractivity contribution in [3.63, 3.8) is 0 Å². The van der Waals surface area contributed by atoms with Crippen LogP contribution in [0.15, 0.2) is 12.1 Å². The number of hydrogen-bond donors (Lipinski definition) is 1. The molecular formula is C16H24F2N2O. The zero-order valence-corrected chi connectivity index (χ0v) is 13.0. The van der Waals surface area contributed by atoms with E-state index in [4.69, 9.17) is 10.5 Å². The molecule has 2 unspecified atom stereocenters. The van der Waals surface area contributed by atoms with Crippen LogP contribution in [0.3, 0.4) is 0 Å². The van der Waals surface area contributed by atoms with Crippen molar-refractivity contribution in [2.75, 3.05) is 26.3 Å². The highest BCUT2D eigenvalue weighted by atomic mass is 19.1. The molecule has 1 aromatic rings. The van der Waals surface area contributed by atoms with Gasteiger partial charge >= 0.3 is 0 Å². The maximum absolute atomic E-state index is 14.4. The van der Waals surface area contributed by atoms with E-state index in [1.54, 1.807) is 6.92 Å². The summed E-state index contributed by atoms with van der Waals surface area (Å²) in [6, 6.07) is 2.02. The van der Waals surface area contributed by atoms with Crippen LogP contribution in [0.4, 0.5) is 8.78 Å². The molecule has 1 saturated heterocycles. The fourth-order valence-corrected chi connectivity index (χ4v) is 2.99. The zero-order chi connectivity index (χ0) is 15.6. The Balaban J connectivity index is 2.40. The van der Waals surface area contributed by atoms with Gasteiger partial charge in [0, 0.05) is 24.2 Å². The monoisotopic (exact) mass is 298 g/mol. The zero-order valence-electron chi connectivity index (χ0n) is 13.0. The number of halogens is 2. The second-order valence-corrected chi connectivity index (χ2v) is 5.88. The summed E-state index contributed by atoms with van der Waals surface area (Å²) in [5.41, 5.74) is 6.23. The predicted molar refractivity (Wildman–Crippen MR) is 79.1 cm³/mol. The molecule has 0 bridgehead atoms. The quantitative estimate of drug-likeness (QED) is 0.929. The smallest absolute Gasteiger partial charge is 0.133 e. The van der Waals surface area contributed by atoms with Crippen molar-refractivity contribution in [2.24, 2.45) is 5.73 Å². The third-order valence-electron chi connectivity index (χ3n) is 4.75. The van der Waals surface area contributed by atoms with Crippen molar-refractivity contribution >= 4 is 0 Å². The van der Waals surface area contributed by atoms with Crippen LogP contribution < -0.4 is 5.73 Å². The van der Waals surface area contributed by atoms with E-state index in [2.05, 4.69) is 4.90 Å². The van der Waals surface area contributed by atoms with Gasteiger partial charge in [-0.3, -0.25) is 4.90 Å². The van der Waals surface area contributed by atoms with Crippen molar-refractivity contribution in [1.29, 1.82) is 0 Å². The Bertz CT molecular complexity index is 503. The summed E-state index contributed by atoms with van der Waals surface area (Å²) in [6.45, 7) is 8.32. The highest BCUT2D eigenvalue weighted by molar-refractivity contribution is 5.31. The first-order valence-corrected chi connectivity index (χ1v) is 7.44. The first-order chi connectivity index (χ1) is 9.91. The largest absolute Gasteiger partial charge is 0.379 e. The summed E-state index contributed by atoms with van der Waals surface area (Å²) in [4.78, 5) is 2.18. The van der Waals surface area contributed by atoms with Gasteiger partial charge in [-0.15, -0.1) is 0 Å². The van der Waals surface area contributed by atoms with Crippen LogP contribution in [0.1, 0.15) is 37.4 Å². The Morgan fingerprint density at radius 3 is 2.52 bits per heavy atom. The minimum Gasteiger partial charge on any atom is -0.379 e. The molecule has 0 amide bonds. The Hall–Kier alpha value is -1.04. The fourth-order valence-electron chi connectivity index (χ4n) is 2.99. The molecule has 2 atom stereocenters. The minimum absolute atomic E-state index is 0.00848. The standard InChI is InChI=1S/C16H24F2N2O/c1-4-16(3,20-7-9-21-10-8-20)15(19)13-12(17)6-5-11(2)14(13)18/h5-6,15H,4,7-10,19H2,1-3H3. The van der Waals surface area contributed by atoms with Gasteiger partial charge in [0.15, 0.2) is 0 Å². The number of ether oxygens (including phenoxy) is 1. The SMILES string of the molecule is CCC(C)(C(N)c1c(F)ccc(C)c1F)N1CCOCC1. The van der Waals surface area contributed by atoms with E-state index >= 15 is 0 Å². The number of aryl methyl sites for hydroxylation is 1. The number of nitrogens with zero attached hydrogens (tertiary/aromatic N) is 1. The van der Waals surface area contributed by atoms with E-state index in [0.29, 0.717) is 25.2 Å². The molecule has 1 aliphatic rings. The molecule has 2 rings (SSSR count). The minimum atomic E-state index is -0.722. The Labute approximate surface area is 125 Å². The lowest BCUT2D eigenvalue weighted by Gasteiger charge is -2.46. The number of hydrogen-bond acceptors (Lipinski definition) is 3. The lowest BCUT2D eigenvalue weighted by atomic mass is 9.82. The summed E-state index contributed by atoms with van der Waals surface area (Å²) in [6.07, 6.45) is 0.709. The summed E-state index contributed by atoms with van der Waals surface area (Å²) in [5, 5.41) is 0. The van der Waals surface area contributed by atoms with E-state index in [1.165, 1.54) is 12.1 Å². The van der Waals surface area contributed by atoms with E-state index in [9.17, 15) is 8.78 Å². The van der Waals surface area contributed by atoms with Gasteiger partial charge in [0.05, 0.1) is 19.3 Å². The highest BCUT2D eigenvalue weighted by Gasteiger charge is 2.40. The third-order valence-corrected chi connectivity index (χ3v) is 4.75. The van der Waals surface area contributed by atoms with Crippen molar-refractivity contribution in [1.82, 2.24) is 4.90 Å². The van der Waals surface area contributed by atoms with Gasteiger partial charge in [-0.05, 0) is 31.9 Å². The number of morpholine rings is 1. The number of rotatable bonds is 4. The molecule has 2 N–H and O–H groups in total. The molecule has 0 aliphatic carbocycles. The fraction of sp³-hybridized carbons (Fsp3) is 0.625. The van der Waals surface area contributed by atoms with Crippen LogP contribution in [0, 0.1) is 18.6 Å². The molecule has 0 aromatic heterocycles. The van der Waals surface area contributed by atoms with Crippen LogP contribution >= 0.6 is 0 Å². The lowest BCUT2D eigenvalue weighted by molar-refractivity contribution is -0.0285. The van der Waals surface area contributed by atoms with Crippen molar-refractivity contribution in [2.45, 2.75) is 38.8 Å². The summed E-state index contributed by atoms with van der Waals surface area (Å²) < 4.78 is 33.9. The van der Waals surface area contributed by atoms with Crippen LogP contribution in [0.2, 0.25) is 0 Å². The average molecular weight is 298 g/mol. The molecule has 21 heavy (non-hydrogen) atoms. The highest BCUT2D eigenvalue weighted by Crippen LogP contribution is 2.36. The first-order valence-electron chi connectivity index (χ1n) is 7.44. The van der Waals surface area contributed by atoms with Gasteiger partial charge in [-0.2, -0.15) is 0 Å². The molecule has 0 saturated carbocycles. The second-order valence-electron chi connectivity index (χ2n) is 5.88. The van der Waals surface area contributed by atoms with E-state index in [1.807, 2.05) is 13.8 Å². The topological polar surface area (TPSA) is 38.5 Å². The van der Waals surface area contributed by atoms with Gasteiger partial charge < -0.3 is 10.5 Å². The van der Waals surface area contributed by atoms with Gasteiger partial charge in [0.2, 0.25) is 0 Å². The summed E-state index contributed by atoms with van der Waals surface area (Å²) >= 11 is 0. The second kappa shape index (κ2) is 6.38. The molecule has 1 fully saturated rings. The van der Waals surface area contributed by atoms with E-state index < -0.39 is 23.2 Å². The molecule has 1 heterocycles. The lowest BCUT2D eigenvalue weighted by Crippen LogP contribution is -2.57. The molecule has 0 radical (unpaired) electrons. The Morgan fingerprint density at radius 1 is 1.33 bits per heavy atom. The van der Waals surface area contributed by atoms with Gasteiger partial charge in [0.1, 0.15) is 11.6 Å². The summed E-state index contributed by atoms with van der Waals surface area (Å²) in [7, 11) is 0. The third kappa shape index (κ3) is 2.96. The molecular weight excluding hydrogens is 274 g/mol. The maximum atomic E-state index is 14.4. The Kier molecular flexibility index (Phi) is 4.96.